The molecular weight excluding hydrogens is 248 g/mol. The first-order chi connectivity index (χ1) is 8.47. The molecule has 0 spiro atoms. The molecule has 2 aromatic rings. The van der Waals surface area contributed by atoms with Crippen LogP contribution in [-0.2, 0) is 0 Å². The third kappa shape index (κ3) is 2.64. The Balaban J connectivity index is 2.49. The van der Waals surface area contributed by atoms with Gasteiger partial charge in [-0.2, -0.15) is 0 Å². The largest absolute Gasteiger partial charge is 0.382 e. The summed E-state index contributed by atoms with van der Waals surface area (Å²) in [6.45, 7) is 8.15. The molecule has 0 radical (unpaired) electrons. The smallest absolute Gasteiger partial charge is 0.141 e. The SMILES string of the molecule is Cc1nc(-c2cnc(Cl)cc2NC(C)C)[nH]c1C. The average Bonchev–Trinajstić information content (AvgIpc) is 2.58. The van der Waals surface area contributed by atoms with Gasteiger partial charge < -0.3 is 10.3 Å². The third-order valence-corrected chi connectivity index (χ3v) is 2.90. The number of hydrogen-bond donors (Lipinski definition) is 2. The zero-order valence-corrected chi connectivity index (χ0v) is 11.8. The van der Waals surface area contributed by atoms with Crippen molar-refractivity contribution in [1.82, 2.24) is 15.0 Å². The molecule has 96 valence electrons. The number of anilines is 1. The van der Waals surface area contributed by atoms with Crippen LogP contribution >= 0.6 is 11.6 Å². The molecule has 0 bridgehead atoms. The molecule has 5 heteroatoms. The van der Waals surface area contributed by atoms with Crippen LogP contribution in [0.3, 0.4) is 0 Å². The van der Waals surface area contributed by atoms with Gasteiger partial charge in [0.2, 0.25) is 0 Å². The average molecular weight is 265 g/mol. The minimum atomic E-state index is 0.319. The summed E-state index contributed by atoms with van der Waals surface area (Å²) >= 11 is 5.94. The second-order valence-electron chi connectivity index (χ2n) is 4.65. The summed E-state index contributed by atoms with van der Waals surface area (Å²) < 4.78 is 0. The number of aryl methyl sites for hydroxylation is 2. The van der Waals surface area contributed by atoms with Crippen molar-refractivity contribution < 1.29 is 0 Å². The summed E-state index contributed by atoms with van der Waals surface area (Å²) in [7, 11) is 0. The summed E-state index contributed by atoms with van der Waals surface area (Å²) in [5, 5.41) is 3.83. The van der Waals surface area contributed by atoms with Crippen LogP contribution in [0.15, 0.2) is 12.3 Å². The summed E-state index contributed by atoms with van der Waals surface area (Å²) in [5.41, 5.74) is 3.94. The molecule has 0 aliphatic carbocycles. The predicted molar refractivity (Wildman–Crippen MR) is 75.1 cm³/mol. The summed E-state index contributed by atoms with van der Waals surface area (Å²) in [5.74, 6) is 0.817. The molecule has 0 saturated heterocycles. The Morgan fingerprint density at radius 2 is 2.06 bits per heavy atom. The van der Waals surface area contributed by atoms with Gasteiger partial charge in [-0.1, -0.05) is 11.6 Å². The van der Waals surface area contributed by atoms with E-state index in [9.17, 15) is 0 Å². The van der Waals surface area contributed by atoms with Gasteiger partial charge in [-0.05, 0) is 33.8 Å². The van der Waals surface area contributed by atoms with Gasteiger partial charge in [0.25, 0.3) is 0 Å². The van der Waals surface area contributed by atoms with Gasteiger partial charge in [-0.3, -0.25) is 0 Å². The van der Waals surface area contributed by atoms with Gasteiger partial charge >= 0.3 is 0 Å². The lowest BCUT2D eigenvalue weighted by molar-refractivity contribution is 0.899. The highest BCUT2D eigenvalue weighted by Gasteiger charge is 2.12. The van der Waals surface area contributed by atoms with Crippen LogP contribution in [0.25, 0.3) is 11.4 Å². The summed E-state index contributed by atoms with van der Waals surface area (Å²) in [6, 6.07) is 2.14. The topological polar surface area (TPSA) is 53.6 Å². The van der Waals surface area contributed by atoms with Crippen LogP contribution in [0, 0.1) is 13.8 Å². The van der Waals surface area contributed by atoms with E-state index in [2.05, 4.69) is 34.1 Å². The summed E-state index contributed by atoms with van der Waals surface area (Å²) in [4.78, 5) is 11.9. The van der Waals surface area contributed by atoms with Gasteiger partial charge in [0, 0.05) is 23.6 Å². The van der Waals surface area contributed by atoms with Gasteiger partial charge in [-0.15, -0.1) is 0 Å². The van der Waals surface area contributed by atoms with E-state index < -0.39 is 0 Å². The molecule has 0 unspecified atom stereocenters. The fourth-order valence-corrected chi connectivity index (χ4v) is 1.88. The molecule has 4 nitrogen and oxygen atoms in total. The van der Waals surface area contributed by atoms with Gasteiger partial charge in [0.1, 0.15) is 11.0 Å². The van der Waals surface area contributed by atoms with Crippen LogP contribution in [0.2, 0.25) is 5.15 Å². The monoisotopic (exact) mass is 264 g/mol. The molecule has 2 aromatic heterocycles. The standard InChI is InChI=1S/C13H17ClN4/c1-7(2)16-11-5-12(14)15-6-10(11)13-17-8(3)9(4)18-13/h5-7H,1-4H3,(H,15,16)(H,17,18). The van der Waals surface area contributed by atoms with Crippen molar-refractivity contribution in [2.45, 2.75) is 33.7 Å². The van der Waals surface area contributed by atoms with Crippen molar-refractivity contribution in [2.75, 3.05) is 5.32 Å². The van der Waals surface area contributed by atoms with Gasteiger partial charge in [-0.25, -0.2) is 9.97 Å². The Labute approximate surface area is 112 Å². The van der Waals surface area contributed by atoms with Crippen LogP contribution in [-0.4, -0.2) is 21.0 Å². The summed E-state index contributed by atoms with van der Waals surface area (Å²) in [6.07, 6.45) is 1.74. The molecular formula is C13H17ClN4. The highest BCUT2D eigenvalue weighted by atomic mass is 35.5. The van der Waals surface area contributed by atoms with E-state index in [0.29, 0.717) is 11.2 Å². The van der Waals surface area contributed by atoms with Gasteiger partial charge in [0.05, 0.1) is 11.3 Å². The first-order valence-corrected chi connectivity index (χ1v) is 6.31. The molecule has 0 aliphatic rings. The lowest BCUT2D eigenvalue weighted by Gasteiger charge is -2.13. The number of nitrogens with zero attached hydrogens (tertiary/aromatic N) is 2. The Morgan fingerprint density at radius 3 is 2.61 bits per heavy atom. The van der Waals surface area contributed by atoms with Crippen LogP contribution in [0.1, 0.15) is 25.2 Å². The normalized spacial score (nSPS) is 11.0. The predicted octanol–water partition coefficient (Wildman–Crippen LogP) is 3.56. The first-order valence-electron chi connectivity index (χ1n) is 5.93. The minimum absolute atomic E-state index is 0.319. The number of imidazole rings is 1. The van der Waals surface area contributed by atoms with E-state index in [0.717, 1.165) is 28.5 Å². The van der Waals surface area contributed by atoms with E-state index in [-0.39, 0.29) is 0 Å². The maximum Gasteiger partial charge on any atom is 0.141 e. The number of nitrogens with one attached hydrogen (secondary N) is 2. The molecule has 0 saturated carbocycles. The molecule has 0 amide bonds. The van der Waals surface area contributed by atoms with Crippen molar-refractivity contribution in [3.05, 3.63) is 28.8 Å². The van der Waals surface area contributed by atoms with Gasteiger partial charge in [0.15, 0.2) is 0 Å². The lowest BCUT2D eigenvalue weighted by atomic mass is 10.2. The molecule has 0 fully saturated rings. The van der Waals surface area contributed by atoms with Crippen LogP contribution in [0.5, 0.6) is 0 Å². The number of halogens is 1. The number of pyridine rings is 1. The van der Waals surface area contributed by atoms with E-state index in [1.165, 1.54) is 0 Å². The second kappa shape index (κ2) is 4.98. The van der Waals surface area contributed by atoms with Crippen molar-refractivity contribution in [1.29, 1.82) is 0 Å². The van der Waals surface area contributed by atoms with Crippen molar-refractivity contribution >= 4 is 17.3 Å². The highest BCUT2D eigenvalue weighted by molar-refractivity contribution is 6.29. The Kier molecular flexibility index (Phi) is 3.57. The second-order valence-corrected chi connectivity index (χ2v) is 5.03. The quantitative estimate of drug-likeness (QED) is 0.834. The fraction of sp³-hybridized carbons (Fsp3) is 0.385. The zero-order valence-electron chi connectivity index (χ0n) is 11.0. The van der Waals surface area contributed by atoms with E-state index in [4.69, 9.17) is 11.6 Å². The van der Waals surface area contributed by atoms with E-state index >= 15 is 0 Å². The number of H-pyrrole nitrogens is 1. The first kappa shape index (κ1) is 12.9. The molecule has 0 aliphatic heterocycles. The number of hydrogen-bond acceptors (Lipinski definition) is 3. The van der Waals surface area contributed by atoms with E-state index in [1.807, 2.05) is 19.9 Å². The van der Waals surface area contributed by atoms with Crippen molar-refractivity contribution in [2.24, 2.45) is 0 Å². The molecule has 18 heavy (non-hydrogen) atoms. The lowest BCUT2D eigenvalue weighted by Crippen LogP contribution is -2.11. The minimum Gasteiger partial charge on any atom is -0.382 e. The van der Waals surface area contributed by atoms with Crippen LogP contribution < -0.4 is 5.32 Å². The zero-order chi connectivity index (χ0) is 13.3. The number of aromatic amines is 1. The van der Waals surface area contributed by atoms with Crippen LogP contribution in [0.4, 0.5) is 5.69 Å². The number of aromatic nitrogens is 3. The Bertz CT molecular complexity index is 541. The van der Waals surface area contributed by atoms with E-state index in [1.54, 1.807) is 6.20 Å². The van der Waals surface area contributed by atoms with Crippen molar-refractivity contribution in [3.8, 4) is 11.4 Å². The third-order valence-electron chi connectivity index (χ3n) is 2.70. The van der Waals surface area contributed by atoms with Crippen molar-refractivity contribution in [3.63, 3.8) is 0 Å². The Hall–Kier alpha value is -1.55. The molecule has 2 N–H and O–H groups in total. The fourth-order valence-electron chi connectivity index (χ4n) is 1.72. The highest BCUT2D eigenvalue weighted by Crippen LogP contribution is 2.28. The molecule has 2 heterocycles. The maximum atomic E-state index is 5.94. The maximum absolute atomic E-state index is 5.94. The number of rotatable bonds is 3. The molecule has 0 aromatic carbocycles. The molecule has 0 atom stereocenters. The molecule has 2 rings (SSSR count). The Morgan fingerprint density at radius 1 is 1.33 bits per heavy atom.